The minimum Gasteiger partial charge on any atom is -0.507 e. The lowest BCUT2D eigenvalue weighted by atomic mass is 9.93. The first-order valence-electron chi connectivity index (χ1n) is 11.3. The van der Waals surface area contributed by atoms with Crippen molar-refractivity contribution in [1.29, 1.82) is 0 Å². The number of likely N-dealkylation sites (tertiary alicyclic amines) is 1. The van der Waals surface area contributed by atoms with Crippen LogP contribution in [-0.4, -0.2) is 51.4 Å². The minimum absolute atomic E-state index is 0.00404. The molecule has 0 radical (unpaired) electrons. The van der Waals surface area contributed by atoms with E-state index in [4.69, 9.17) is 15.2 Å². The molecule has 0 saturated carbocycles. The Morgan fingerprint density at radius 3 is 2.81 bits per heavy atom. The van der Waals surface area contributed by atoms with Gasteiger partial charge in [-0.1, -0.05) is 19.4 Å². The second kappa shape index (κ2) is 10.1. The standard InChI is InChI=1S/C24H34N4O4/c1-5-6-13-31-20-11-7-10-19(29)21(20)18-14-17(26-22(25)27-18)16-9-8-12-28(15-16)23(30)32-24(2,3)4/h7,10-11,14,16,29H,5-6,8-9,12-13,15H2,1-4H3,(H2,25,26,27). The van der Waals surface area contributed by atoms with E-state index in [0.29, 0.717) is 36.7 Å². The first-order valence-corrected chi connectivity index (χ1v) is 11.3. The molecule has 1 atom stereocenters. The van der Waals surface area contributed by atoms with Crippen molar-refractivity contribution in [2.45, 2.75) is 64.9 Å². The average Bonchev–Trinajstić information content (AvgIpc) is 2.72. The van der Waals surface area contributed by atoms with Gasteiger partial charge in [0.15, 0.2) is 0 Å². The summed E-state index contributed by atoms with van der Waals surface area (Å²) in [7, 11) is 0. The number of amides is 1. The highest BCUT2D eigenvalue weighted by atomic mass is 16.6. The molecule has 8 nitrogen and oxygen atoms in total. The van der Waals surface area contributed by atoms with Gasteiger partial charge in [-0.25, -0.2) is 14.8 Å². The highest BCUT2D eigenvalue weighted by Gasteiger charge is 2.29. The Morgan fingerprint density at radius 2 is 2.09 bits per heavy atom. The number of unbranched alkanes of at least 4 members (excludes halogenated alkanes) is 1. The van der Waals surface area contributed by atoms with Crippen LogP contribution in [0.3, 0.4) is 0 Å². The number of nitrogens with two attached hydrogens (primary N) is 1. The van der Waals surface area contributed by atoms with E-state index in [2.05, 4.69) is 16.9 Å². The number of carbonyl (C=O) groups excluding carboxylic acids is 1. The molecule has 1 aromatic heterocycles. The summed E-state index contributed by atoms with van der Waals surface area (Å²) in [6.45, 7) is 9.35. The molecule has 2 aromatic rings. The molecular weight excluding hydrogens is 408 g/mol. The van der Waals surface area contributed by atoms with Gasteiger partial charge in [0.25, 0.3) is 0 Å². The summed E-state index contributed by atoms with van der Waals surface area (Å²) >= 11 is 0. The van der Waals surface area contributed by atoms with Gasteiger partial charge in [0.1, 0.15) is 17.1 Å². The van der Waals surface area contributed by atoms with Crippen LogP contribution in [0.4, 0.5) is 10.7 Å². The van der Waals surface area contributed by atoms with Crippen LogP contribution in [0.25, 0.3) is 11.3 Å². The Balaban J connectivity index is 1.87. The number of anilines is 1. The maximum absolute atomic E-state index is 12.6. The first kappa shape index (κ1) is 23.6. The predicted molar refractivity (Wildman–Crippen MR) is 124 cm³/mol. The molecule has 174 valence electrons. The van der Waals surface area contributed by atoms with E-state index in [0.717, 1.165) is 31.4 Å². The van der Waals surface area contributed by atoms with E-state index in [-0.39, 0.29) is 23.7 Å². The van der Waals surface area contributed by atoms with E-state index in [1.807, 2.05) is 32.9 Å². The predicted octanol–water partition coefficient (Wildman–Crippen LogP) is 4.72. The maximum Gasteiger partial charge on any atom is 0.410 e. The summed E-state index contributed by atoms with van der Waals surface area (Å²) in [5.41, 5.74) is 7.25. The van der Waals surface area contributed by atoms with E-state index in [1.54, 1.807) is 17.0 Å². The smallest absolute Gasteiger partial charge is 0.410 e. The molecule has 2 heterocycles. The van der Waals surface area contributed by atoms with Gasteiger partial charge in [-0.3, -0.25) is 0 Å². The van der Waals surface area contributed by atoms with Crippen molar-refractivity contribution < 1.29 is 19.4 Å². The summed E-state index contributed by atoms with van der Waals surface area (Å²) in [5.74, 6) is 0.744. The molecule has 1 aliphatic rings. The highest BCUT2D eigenvalue weighted by Crippen LogP contribution is 2.38. The number of nitrogen functional groups attached to an aromatic ring is 1. The fourth-order valence-electron chi connectivity index (χ4n) is 3.76. The summed E-state index contributed by atoms with van der Waals surface area (Å²) < 4.78 is 11.4. The van der Waals surface area contributed by atoms with E-state index in [9.17, 15) is 9.90 Å². The van der Waals surface area contributed by atoms with Gasteiger partial charge in [-0.05, 0) is 58.2 Å². The summed E-state index contributed by atoms with van der Waals surface area (Å²) in [6.07, 6.45) is 3.31. The zero-order chi connectivity index (χ0) is 23.3. The third-order valence-electron chi connectivity index (χ3n) is 5.27. The number of aromatic hydroxyl groups is 1. The third kappa shape index (κ3) is 6.02. The van der Waals surface area contributed by atoms with Gasteiger partial charge in [-0.15, -0.1) is 0 Å². The molecular formula is C24H34N4O4. The Bertz CT molecular complexity index is 942. The van der Waals surface area contributed by atoms with Crippen LogP contribution in [0.1, 0.15) is 65.0 Å². The molecule has 0 bridgehead atoms. The maximum atomic E-state index is 12.6. The van der Waals surface area contributed by atoms with Crippen molar-refractivity contribution in [3.63, 3.8) is 0 Å². The van der Waals surface area contributed by atoms with Crippen molar-refractivity contribution >= 4 is 12.0 Å². The number of phenols is 1. The largest absolute Gasteiger partial charge is 0.507 e. The van der Waals surface area contributed by atoms with E-state index in [1.165, 1.54) is 0 Å². The third-order valence-corrected chi connectivity index (χ3v) is 5.27. The van der Waals surface area contributed by atoms with Gasteiger partial charge in [0.05, 0.1) is 23.6 Å². The number of hydrogen-bond acceptors (Lipinski definition) is 7. The molecule has 1 aliphatic heterocycles. The lowest BCUT2D eigenvalue weighted by Gasteiger charge is -2.34. The molecule has 1 unspecified atom stereocenters. The van der Waals surface area contributed by atoms with Crippen LogP contribution in [0.5, 0.6) is 11.5 Å². The van der Waals surface area contributed by atoms with Gasteiger partial charge >= 0.3 is 6.09 Å². The van der Waals surface area contributed by atoms with Crippen molar-refractivity contribution in [1.82, 2.24) is 14.9 Å². The molecule has 0 spiro atoms. The highest BCUT2D eigenvalue weighted by molar-refractivity contribution is 5.74. The second-order valence-corrected chi connectivity index (χ2v) is 9.15. The first-order chi connectivity index (χ1) is 15.2. The molecule has 3 N–H and O–H groups in total. The zero-order valence-corrected chi connectivity index (χ0v) is 19.4. The Labute approximate surface area is 189 Å². The van der Waals surface area contributed by atoms with E-state index < -0.39 is 5.60 Å². The molecule has 0 aliphatic carbocycles. The van der Waals surface area contributed by atoms with Crippen LogP contribution in [-0.2, 0) is 4.74 Å². The van der Waals surface area contributed by atoms with Crippen LogP contribution >= 0.6 is 0 Å². The zero-order valence-electron chi connectivity index (χ0n) is 19.4. The number of ether oxygens (including phenoxy) is 2. The number of piperidine rings is 1. The molecule has 8 heteroatoms. The summed E-state index contributed by atoms with van der Waals surface area (Å²) in [6, 6.07) is 6.99. The number of aromatic nitrogens is 2. The topological polar surface area (TPSA) is 111 Å². The number of benzene rings is 1. The van der Waals surface area contributed by atoms with Crippen molar-refractivity contribution in [3.05, 3.63) is 30.0 Å². The lowest BCUT2D eigenvalue weighted by molar-refractivity contribution is 0.0197. The SMILES string of the molecule is CCCCOc1cccc(O)c1-c1cc(C2CCCN(C(=O)OC(C)(C)C)C2)nc(N)n1. The van der Waals surface area contributed by atoms with Crippen molar-refractivity contribution in [3.8, 4) is 22.8 Å². The Morgan fingerprint density at radius 1 is 1.31 bits per heavy atom. The summed E-state index contributed by atoms with van der Waals surface area (Å²) in [4.78, 5) is 23.1. The molecule has 1 amide bonds. The second-order valence-electron chi connectivity index (χ2n) is 9.15. The van der Waals surface area contributed by atoms with Gasteiger partial charge in [-0.2, -0.15) is 0 Å². The van der Waals surface area contributed by atoms with Crippen molar-refractivity contribution in [2.24, 2.45) is 0 Å². The number of nitrogens with zero attached hydrogens (tertiary/aromatic N) is 3. The Kier molecular flexibility index (Phi) is 7.43. The quantitative estimate of drug-likeness (QED) is 0.622. The average molecular weight is 443 g/mol. The Hall–Kier alpha value is -3.03. The van der Waals surface area contributed by atoms with Crippen LogP contribution in [0, 0.1) is 0 Å². The normalized spacial score (nSPS) is 16.6. The molecule has 1 aromatic carbocycles. The van der Waals surface area contributed by atoms with Crippen LogP contribution < -0.4 is 10.5 Å². The van der Waals surface area contributed by atoms with Crippen LogP contribution in [0.15, 0.2) is 24.3 Å². The number of carbonyl (C=O) groups is 1. The summed E-state index contributed by atoms with van der Waals surface area (Å²) in [5, 5.41) is 10.6. The lowest BCUT2D eigenvalue weighted by Crippen LogP contribution is -2.42. The van der Waals surface area contributed by atoms with E-state index >= 15 is 0 Å². The molecule has 1 saturated heterocycles. The fourth-order valence-corrected chi connectivity index (χ4v) is 3.76. The van der Waals surface area contributed by atoms with Gasteiger partial charge in [0.2, 0.25) is 5.95 Å². The number of phenolic OH excluding ortho intramolecular Hbond substituents is 1. The van der Waals surface area contributed by atoms with Crippen LogP contribution in [0.2, 0.25) is 0 Å². The minimum atomic E-state index is -0.546. The van der Waals surface area contributed by atoms with Gasteiger partial charge in [0, 0.05) is 19.0 Å². The van der Waals surface area contributed by atoms with Crippen molar-refractivity contribution in [2.75, 3.05) is 25.4 Å². The fraction of sp³-hybridized carbons (Fsp3) is 0.542. The molecule has 32 heavy (non-hydrogen) atoms. The molecule has 3 rings (SSSR count). The number of rotatable bonds is 6. The monoisotopic (exact) mass is 442 g/mol. The molecule has 1 fully saturated rings. The number of hydrogen-bond donors (Lipinski definition) is 2. The van der Waals surface area contributed by atoms with Gasteiger partial charge < -0.3 is 25.2 Å².